The molecule has 1 N–H and O–H groups in total. The molecular formula is C16H11F4N3O2. The Bertz CT molecular complexity index is 850. The first-order chi connectivity index (χ1) is 11.8. The molecule has 0 unspecified atom stereocenters. The van der Waals surface area contributed by atoms with Crippen LogP contribution in [0.4, 0.5) is 17.6 Å². The molecule has 0 spiro atoms. The second-order valence-corrected chi connectivity index (χ2v) is 4.88. The standard InChI is InChI=1S/C16H11F4N3O2/c1-8-9(5-21)2-3-12(17)11(8)7-22-14(24)10-4-13(18)15(23-6-10)25-16(19)20/h2-4,6,16H,7H2,1H3,(H,22,24). The summed E-state index contributed by atoms with van der Waals surface area (Å²) in [6.45, 7) is -1.97. The maximum atomic E-state index is 13.8. The first-order valence-corrected chi connectivity index (χ1v) is 6.90. The van der Waals surface area contributed by atoms with E-state index in [4.69, 9.17) is 5.26 Å². The Morgan fingerprint density at radius 1 is 1.36 bits per heavy atom. The van der Waals surface area contributed by atoms with E-state index >= 15 is 0 Å². The van der Waals surface area contributed by atoms with Crippen LogP contribution in [0, 0.1) is 29.9 Å². The normalized spacial score (nSPS) is 10.4. The average Bonchev–Trinajstić information content (AvgIpc) is 2.56. The Labute approximate surface area is 139 Å². The highest BCUT2D eigenvalue weighted by Gasteiger charge is 2.16. The number of aromatic nitrogens is 1. The van der Waals surface area contributed by atoms with Crippen molar-refractivity contribution < 1.29 is 27.1 Å². The summed E-state index contributed by atoms with van der Waals surface area (Å²) in [6, 6.07) is 4.99. The lowest BCUT2D eigenvalue weighted by Crippen LogP contribution is -2.24. The SMILES string of the molecule is Cc1c(C#N)ccc(F)c1CNC(=O)c1cnc(OC(F)F)c(F)c1. The van der Waals surface area contributed by atoms with Crippen LogP contribution in [-0.2, 0) is 6.54 Å². The van der Waals surface area contributed by atoms with E-state index in [1.807, 2.05) is 6.07 Å². The van der Waals surface area contributed by atoms with Gasteiger partial charge in [0.2, 0.25) is 0 Å². The zero-order valence-electron chi connectivity index (χ0n) is 12.8. The van der Waals surface area contributed by atoms with Crippen LogP contribution in [0.5, 0.6) is 5.88 Å². The number of nitrogens with zero attached hydrogens (tertiary/aromatic N) is 2. The van der Waals surface area contributed by atoms with Crippen LogP contribution in [0.1, 0.15) is 27.0 Å². The van der Waals surface area contributed by atoms with Gasteiger partial charge in [0.05, 0.1) is 17.2 Å². The summed E-state index contributed by atoms with van der Waals surface area (Å²) >= 11 is 0. The van der Waals surface area contributed by atoms with E-state index in [9.17, 15) is 22.4 Å². The molecule has 9 heteroatoms. The fourth-order valence-electron chi connectivity index (χ4n) is 2.05. The highest BCUT2D eigenvalue weighted by molar-refractivity contribution is 5.93. The summed E-state index contributed by atoms with van der Waals surface area (Å²) in [5, 5.41) is 11.3. The molecule has 1 aromatic carbocycles. The number of alkyl halides is 2. The van der Waals surface area contributed by atoms with E-state index in [0.29, 0.717) is 11.6 Å². The largest absolute Gasteiger partial charge is 0.414 e. The second-order valence-electron chi connectivity index (χ2n) is 4.88. The molecule has 0 saturated carbocycles. The quantitative estimate of drug-likeness (QED) is 0.839. The summed E-state index contributed by atoms with van der Waals surface area (Å²) in [7, 11) is 0. The number of amides is 1. The third-order valence-electron chi connectivity index (χ3n) is 3.36. The van der Waals surface area contributed by atoms with Crippen LogP contribution in [-0.4, -0.2) is 17.5 Å². The fraction of sp³-hybridized carbons (Fsp3) is 0.188. The molecule has 1 amide bonds. The molecule has 130 valence electrons. The average molecular weight is 353 g/mol. The predicted molar refractivity (Wildman–Crippen MR) is 77.8 cm³/mol. The van der Waals surface area contributed by atoms with Gasteiger partial charge in [-0.1, -0.05) is 0 Å². The van der Waals surface area contributed by atoms with Gasteiger partial charge in [0.15, 0.2) is 5.82 Å². The molecule has 0 fully saturated rings. The lowest BCUT2D eigenvalue weighted by molar-refractivity contribution is -0.0553. The van der Waals surface area contributed by atoms with E-state index in [2.05, 4.69) is 15.0 Å². The van der Waals surface area contributed by atoms with Crippen LogP contribution in [0.3, 0.4) is 0 Å². The molecule has 0 atom stereocenters. The van der Waals surface area contributed by atoms with Gasteiger partial charge in [0.25, 0.3) is 11.8 Å². The van der Waals surface area contributed by atoms with Gasteiger partial charge >= 0.3 is 6.61 Å². The Morgan fingerprint density at radius 2 is 2.08 bits per heavy atom. The zero-order valence-corrected chi connectivity index (χ0v) is 12.8. The molecule has 0 saturated heterocycles. The summed E-state index contributed by atoms with van der Waals surface area (Å²) in [4.78, 5) is 15.3. The third kappa shape index (κ3) is 4.23. The maximum absolute atomic E-state index is 13.8. The molecule has 0 aliphatic rings. The van der Waals surface area contributed by atoms with Crippen molar-refractivity contribution >= 4 is 5.91 Å². The number of hydrogen-bond acceptors (Lipinski definition) is 4. The Kier molecular flexibility index (Phi) is 5.54. The van der Waals surface area contributed by atoms with Crippen molar-refractivity contribution in [2.45, 2.75) is 20.1 Å². The van der Waals surface area contributed by atoms with Gasteiger partial charge in [-0.05, 0) is 30.7 Å². The van der Waals surface area contributed by atoms with Gasteiger partial charge in [-0.15, -0.1) is 0 Å². The number of pyridine rings is 1. The summed E-state index contributed by atoms with van der Waals surface area (Å²) < 4.78 is 55.3. The molecule has 1 aromatic heterocycles. The molecule has 25 heavy (non-hydrogen) atoms. The molecule has 0 aliphatic carbocycles. The van der Waals surface area contributed by atoms with E-state index in [0.717, 1.165) is 12.3 Å². The first-order valence-electron chi connectivity index (χ1n) is 6.90. The van der Waals surface area contributed by atoms with Gasteiger partial charge in [-0.25, -0.2) is 13.8 Å². The molecular weight excluding hydrogens is 342 g/mol. The highest BCUT2D eigenvalue weighted by Crippen LogP contribution is 2.19. The van der Waals surface area contributed by atoms with Crippen molar-refractivity contribution in [1.82, 2.24) is 10.3 Å². The number of ether oxygens (including phenoxy) is 1. The topological polar surface area (TPSA) is 75.0 Å². The smallest absolute Gasteiger partial charge is 0.388 e. The summed E-state index contributed by atoms with van der Waals surface area (Å²) in [5.74, 6) is -3.57. The third-order valence-corrected chi connectivity index (χ3v) is 3.36. The minimum atomic E-state index is -3.25. The van der Waals surface area contributed by atoms with E-state index in [1.165, 1.54) is 13.0 Å². The minimum absolute atomic E-state index is 0.110. The number of carbonyl (C=O) groups is 1. The Balaban J connectivity index is 2.14. The van der Waals surface area contributed by atoms with Crippen molar-refractivity contribution in [1.29, 1.82) is 5.26 Å². The van der Waals surface area contributed by atoms with Crippen LogP contribution >= 0.6 is 0 Å². The van der Waals surface area contributed by atoms with Gasteiger partial charge in [0, 0.05) is 18.3 Å². The number of carbonyl (C=O) groups excluding carboxylic acids is 1. The lowest BCUT2D eigenvalue weighted by atomic mass is 10.0. The van der Waals surface area contributed by atoms with Crippen LogP contribution in [0.25, 0.3) is 0 Å². The van der Waals surface area contributed by atoms with E-state index in [-0.39, 0.29) is 23.2 Å². The van der Waals surface area contributed by atoms with Crippen LogP contribution in [0.15, 0.2) is 24.4 Å². The number of hydrogen-bond donors (Lipinski definition) is 1. The molecule has 0 bridgehead atoms. The summed E-state index contributed by atoms with van der Waals surface area (Å²) in [5.41, 5.74) is 0.478. The van der Waals surface area contributed by atoms with Gasteiger partial charge in [-0.3, -0.25) is 4.79 Å². The van der Waals surface area contributed by atoms with Crippen molar-refractivity contribution in [3.05, 3.63) is 58.3 Å². The van der Waals surface area contributed by atoms with Crippen molar-refractivity contribution in [3.8, 4) is 11.9 Å². The van der Waals surface area contributed by atoms with Crippen LogP contribution < -0.4 is 10.1 Å². The molecule has 0 aliphatic heterocycles. The molecule has 1 heterocycles. The zero-order chi connectivity index (χ0) is 18.6. The van der Waals surface area contributed by atoms with Crippen molar-refractivity contribution in [2.75, 3.05) is 0 Å². The molecule has 0 radical (unpaired) electrons. The molecule has 5 nitrogen and oxygen atoms in total. The number of benzene rings is 1. The Hall–Kier alpha value is -3.15. The fourth-order valence-corrected chi connectivity index (χ4v) is 2.05. The van der Waals surface area contributed by atoms with E-state index in [1.54, 1.807) is 0 Å². The van der Waals surface area contributed by atoms with E-state index < -0.39 is 30.0 Å². The van der Waals surface area contributed by atoms with Crippen molar-refractivity contribution in [2.24, 2.45) is 0 Å². The number of nitriles is 1. The number of halogens is 4. The first kappa shape index (κ1) is 18.2. The number of rotatable bonds is 5. The monoisotopic (exact) mass is 353 g/mol. The Morgan fingerprint density at radius 3 is 2.68 bits per heavy atom. The minimum Gasteiger partial charge on any atom is -0.414 e. The second kappa shape index (κ2) is 7.61. The van der Waals surface area contributed by atoms with Gasteiger partial charge in [0.1, 0.15) is 5.82 Å². The molecule has 2 aromatic rings. The lowest BCUT2D eigenvalue weighted by Gasteiger charge is -2.11. The molecule has 2 rings (SSSR count). The van der Waals surface area contributed by atoms with Crippen molar-refractivity contribution in [3.63, 3.8) is 0 Å². The number of nitrogens with one attached hydrogen (secondary N) is 1. The van der Waals surface area contributed by atoms with Gasteiger partial charge < -0.3 is 10.1 Å². The van der Waals surface area contributed by atoms with Crippen LogP contribution in [0.2, 0.25) is 0 Å². The predicted octanol–water partition coefficient (Wildman–Crippen LogP) is 3.07. The highest BCUT2D eigenvalue weighted by atomic mass is 19.3. The maximum Gasteiger partial charge on any atom is 0.388 e. The van der Waals surface area contributed by atoms with Gasteiger partial charge in [-0.2, -0.15) is 14.0 Å². The summed E-state index contributed by atoms with van der Waals surface area (Å²) in [6.07, 6.45) is 0.852.